The van der Waals surface area contributed by atoms with E-state index < -0.39 is 0 Å². The predicted molar refractivity (Wildman–Crippen MR) is 124 cm³/mol. The molecule has 0 aliphatic rings. The van der Waals surface area contributed by atoms with Gasteiger partial charge in [-0.1, -0.05) is 12.1 Å². The first kappa shape index (κ1) is 20.9. The Bertz CT molecular complexity index is 1230. The van der Waals surface area contributed by atoms with E-state index in [1.165, 1.54) is 12.2 Å². The van der Waals surface area contributed by atoms with Crippen molar-refractivity contribution in [2.75, 3.05) is 17.2 Å². The number of anilines is 2. The highest BCUT2D eigenvalue weighted by Crippen LogP contribution is 2.18. The summed E-state index contributed by atoms with van der Waals surface area (Å²) in [5, 5.41) is 5.57. The number of nitrogens with zero attached hydrogens (tertiary/aromatic N) is 1. The minimum atomic E-state index is -0.334. The van der Waals surface area contributed by atoms with Gasteiger partial charge in [-0.15, -0.1) is 0 Å². The zero-order chi connectivity index (χ0) is 22.3. The third-order valence-corrected chi connectivity index (χ3v) is 4.53. The quantitative estimate of drug-likeness (QED) is 0.399. The maximum Gasteiger partial charge on any atom is 0.255 e. The Labute approximate surface area is 184 Å². The third-order valence-electron chi connectivity index (χ3n) is 4.53. The van der Waals surface area contributed by atoms with Gasteiger partial charge in [0.25, 0.3) is 5.91 Å². The molecule has 1 aromatic heterocycles. The summed E-state index contributed by atoms with van der Waals surface area (Å²) in [5.74, 6) is 0.514. The fraction of sp³-hybridized carbons (Fsp3) is 0.0800. The summed E-state index contributed by atoms with van der Waals surface area (Å²) in [6.07, 6.45) is 2.85. The summed E-state index contributed by atoms with van der Waals surface area (Å²) >= 11 is 0. The van der Waals surface area contributed by atoms with Crippen molar-refractivity contribution in [2.45, 2.75) is 6.92 Å². The third kappa shape index (κ3) is 5.20. The van der Waals surface area contributed by atoms with Crippen molar-refractivity contribution >= 4 is 40.4 Å². The molecule has 4 aromatic rings. The number of hydrogen-bond acceptors (Lipinski definition) is 5. The first-order valence-electron chi connectivity index (χ1n) is 10.1. The molecule has 0 saturated carbocycles. The molecule has 0 spiro atoms. The molecule has 0 unspecified atom stereocenters. The lowest BCUT2D eigenvalue weighted by atomic mass is 10.2. The number of ether oxygens (including phenoxy) is 1. The van der Waals surface area contributed by atoms with Crippen LogP contribution in [0.15, 0.2) is 83.3 Å². The van der Waals surface area contributed by atoms with Crippen LogP contribution in [0.25, 0.3) is 17.2 Å². The second kappa shape index (κ2) is 9.61. The average molecular weight is 427 g/mol. The Balaban J connectivity index is 1.33. The predicted octanol–water partition coefficient (Wildman–Crippen LogP) is 5.13. The molecule has 2 amide bonds. The van der Waals surface area contributed by atoms with Crippen LogP contribution in [0.5, 0.6) is 5.75 Å². The lowest BCUT2D eigenvalue weighted by Crippen LogP contribution is -2.12. The van der Waals surface area contributed by atoms with E-state index >= 15 is 0 Å². The van der Waals surface area contributed by atoms with Crippen molar-refractivity contribution in [3.8, 4) is 5.75 Å². The van der Waals surface area contributed by atoms with Gasteiger partial charge in [0, 0.05) is 29.1 Å². The molecule has 1 heterocycles. The van der Waals surface area contributed by atoms with Gasteiger partial charge in [0.05, 0.1) is 6.61 Å². The first-order valence-corrected chi connectivity index (χ1v) is 10.1. The van der Waals surface area contributed by atoms with Crippen LogP contribution in [0.3, 0.4) is 0 Å². The number of oxazole rings is 1. The molecule has 0 aliphatic carbocycles. The summed E-state index contributed by atoms with van der Waals surface area (Å²) < 4.78 is 10.9. The summed E-state index contributed by atoms with van der Waals surface area (Å²) in [6.45, 7) is 2.50. The number of nitrogens with one attached hydrogen (secondary N) is 2. The maximum absolute atomic E-state index is 12.4. The number of aromatic nitrogens is 1. The smallest absolute Gasteiger partial charge is 0.255 e. The number of fused-ring (bicyclic) bond motifs is 1. The molecule has 32 heavy (non-hydrogen) atoms. The Morgan fingerprint density at radius 3 is 2.34 bits per heavy atom. The molecule has 160 valence electrons. The SMILES string of the molecule is CCOc1ccc(NC(=O)c2ccc(NC(=O)/C=C/c3nc4ccccc4o3)cc2)cc1. The van der Waals surface area contributed by atoms with Gasteiger partial charge in [0.1, 0.15) is 11.3 Å². The van der Waals surface area contributed by atoms with Gasteiger partial charge in [0.15, 0.2) is 5.58 Å². The minimum Gasteiger partial charge on any atom is -0.494 e. The minimum absolute atomic E-state index is 0.247. The van der Waals surface area contributed by atoms with Crippen LogP contribution in [0.4, 0.5) is 11.4 Å². The normalized spacial score (nSPS) is 10.9. The van der Waals surface area contributed by atoms with Gasteiger partial charge in [-0.2, -0.15) is 0 Å². The van der Waals surface area contributed by atoms with Gasteiger partial charge in [-0.05, 0) is 67.6 Å². The Morgan fingerprint density at radius 1 is 0.938 bits per heavy atom. The maximum atomic E-state index is 12.4. The average Bonchev–Trinajstić information content (AvgIpc) is 3.23. The number of carbonyl (C=O) groups is 2. The molecule has 0 fully saturated rings. The molecule has 0 atom stereocenters. The molecule has 7 nitrogen and oxygen atoms in total. The summed E-state index contributed by atoms with van der Waals surface area (Å²) in [4.78, 5) is 28.9. The van der Waals surface area contributed by atoms with Crippen molar-refractivity contribution in [3.05, 3.63) is 90.3 Å². The zero-order valence-corrected chi connectivity index (χ0v) is 17.4. The van der Waals surface area contributed by atoms with E-state index in [9.17, 15) is 9.59 Å². The molecule has 2 N–H and O–H groups in total. The van der Waals surface area contributed by atoms with Crippen molar-refractivity contribution in [3.63, 3.8) is 0 Å². The Kier molecular flexibility index (Phi) is 6.27. The Morgan fingerprint density at radius 2 is 1.62 bits per heavy atom. The van der Waals surface area contributed by atoms with Crippen LogP contribution in [-0.2, 0) is 4.79 Å². The van der Waals surface area contributed by atoms with E-state index in [0.29, 0.717) is 35.0 Å². The number of para-hydroxylation sites is 2. The standard InChI is InChI=1S/C25H21N3O4/c1-2-31-20-13-11-19(12-14-20)27-25(30)17-7-9-18(10-8-17)26-23(29)15-16-24-28-21-5-3-4-6-22(21)32-24/h3-16H,2H2,1H3,(H,26,29)(H,27,30)/b16-15+. The molecule has 0 aliphatic heterocycles. The zero-order valence-electron chi connectivity index (χ0n) is 17.4. The fourth-order valence-electron chi connectivity index (χ4n) is 3.00. The molecule has 7 heteroatoms. The molecule has 0 saturated heterocycles. The van der Waals surface area contributed by atoms with E-state index in [4.69, 9.17) is 9.15 Å². The molecule has 3 aromatic carbocycles. The van der Waals surface area contributed by atoms with Gasteiger partial charge in [0.2, 0.25) is 11.8 Å². The molecular formula is C25H21N3O4. The van der Waals surface area contributed by atoms with Crippen molar-refractivity contribution in [1.29, 1.82) is 0 Å². The second-order valence-corrected chi connectivity index (χ2v) is 6.83. The van der Waals surface area contributed by atoms with Crippen LogP contribution in [0, 0.1) is 0 Å². The highest BCUT2D eigenvalue weighted by atomic mass is 16.5. The van der Waals surface area contributed by atoms with E-state index in [2.05, 4.69) is 15.6 Å². The van der Waals surface area contributed by atoms with Crippen LogP contribution >= 0.6 is 0 Å². The summed E-state index contributed by atoms with van der Waals surface area (Å²) in [6, 6.07) is 21.1. The van der Waals surface area contributed by atoms with Gasteiger partial charge >= 0.3 is 0 Å². The lowest BCUT2D eigenvalue weighted by molar-refractivity contribution is -0.111. The van der Waals surface area contributed by atoms with Gasteiger partial charge < -0.3 is 19.8 Å². The monoisotopic (exact) mass is 427 g/mol. The number of amides is 2. The Hall–Kier alpha value is -4.39. The number of carbonyl (C=O) groups excluding carboxylic acids is 2. The fourth-order valence-corrected chi connectivity index (χ4v) is 3.00. The number of hydrogen-bond donors (Lipinski definition) is 2. The highest BCUT2D eigenvalue weighted by molar-refractivity contribution is 6.05. The summed E-state index contributed by atoms with van der Waals surface area (Å²) in [5.41, 5.74) is 3.09. The van der Waals surface area contributed by atoms with Crippen molar-refractivity contribution in [2.24, 2.45) is 0 Å². The summed E-state index contributed by atoms with van der Waals surface area (Å²) in [7, 11) is 0. The molecule has 0 bridgehead atoms. The first-order chi connectivity index (χ1) is 15.6. The largest absolute Gasteiger partial charge is 0.494 e. The van der Waals surface area contributed by atoms with Crippen LogP contribution < -0.4 is 15.4 Å². The van der Waals surface area contributed by atoms with E-state index in [-0.39, 0.29) is 11.8 Å². The van der Waals surface area contributed by atoms with E-state index in [1.807, 2.05) is 31.2 Å². The molecule has 4 rings (SSSR count). The van der Waals surface area contributed by atoms with E-state index in [1.54, 1.807) is 48.5 Å². The van der Waals surface area contributed by atoms with Crippen molar-refractivity contribution < 1.29 is 18.7 Å². The molecule has 0 radical (unpaired) electrons. The highest BCUT2D eigenvalue weighted by Gasteiger charge is 2.07. The van der Waals surface area contributed by atoms with Crippen molar-refractivity contribution in [1.82, 2.24) is 4.98 Å². The van der Waals surface area contributed by atoms with E-state index in [0.717, 1.165) is 11.3 Å². The number of benzene rings is 3. The van der Waals surface area contributed by atoms with Gasteiger partial charge in [-0.25, -0.2) is 4.98 Å². The van der Waals surface area contributed by atoms with Crippen LogP contribution in [0.1, 0.15) is 23.2 Å². The van der Waals surface area contributed by atoms with Gasteiger partial charge in [-0.3, -0.25) is 9.59 Å². The van der Waals surface area contributed by atoms with Crippen LogP contribution in [-0.4, -0.2) is 23.4 Å². The lowest BCUT2D eigenvalue weighted by Gasteiger charge is -2.08. The topological polar surface area (TPSA) is 93.5 Å². The van der Waals surface area contributed by atoms with Crippen LogP contribution in [0.2, 0.25) is 0 Å². The number of rotatable bonds is 7. The second-order valence-electron chi connectivity index (χ2n) is 6.83. The molecular weight excluding hydrogens is 406 g/mol.